The van der Waals surface area contributed by atoms with E-state index in [2.05, 4.69) is 25.6 Å². The summed E-state index contributed by atoms with van der Waals surface area (Å²) in [5, 5.41) is 6.66. The first-order valence-electron chi connectivity index (χ1n) is 7.74. The maximum Gasteiger partial charge on any atom is 0.183 e. The molecule has 2 heterocycles. The van der Waals surface area contributed by atoms with Gasteiger partial charge in [-0.3, -0.25) is 0 Å². The van der Waals surface area contributed by atoms with Crippen LogP contribution < -0.4 is 15.5 Å². The van der Waals surface area contributed by atoms with Crippen molar-refractivity contribution in [3.8, 4) is 0 Å². The molecule has 0 radical (unpaired) electrons. The van der Waals surface area contributed by atoms with E-state index in [9.17, 15) is 0 Å². The molecule has 0 aliphatic rings. The molecule has 2 N–H and O–H groups in total. The van der Waals surface area contributed by atoms with Crippen molar-refractivity contribution in [1.29, 1.82) is 0 Å². The van der Waals surface area contributed by atoms with Crippen LogP contribution in [-0.4, -0.2) is 29.0 Å². The van der Waals surface area contributed by atoms with E-state index in [1.807, 2.05) is 56.3 Å². The fourth-order valence-electron chi connectivity index (χ4n) is 2.22. The second-order valence-corrected chi connectivity index (χ2v) is 7.39. The molecule has 3 aromatic rings. The SMILES string of the molecule is Cc1nc(Nc2ccc(NCc3cnc(Cl)s3)cc2)cc(N(C)C)n1. The summed E-state index contributed by atoms with van der Waals surface area (Å²) in [5.74, 6) is 2.38. The Bertz CT molecular complexity index is 847. The summed E-state index contributed by atoms with van der Waals surface area (Å²) in [4.78, 5) is 15.9. The molecule has 130 valence electrons. The van der Waals surface area contributed by atoms with Crippen LogP contribution in [-0.2, 0) is 6.54 Å². The van der Waals surface area contributed by atoms with Gasteiger partial charge in [-0.25, -0.2) is 15.0 Å². The van der Waals surface area contributed by atoms with Gasteiger partial charge < -0.3 is 15.5 Å². The summed E-state index contributed by atoms with van der Waals surface area (Å²) in [6.45, 7) is 2.59. The molecule has 0 aliphatic carbocycles. The molecule has 0 atom stereocenters. The van der Waals surface area contributed by atoms with Crippen LogP contribution in [0.1, 0.15) is 10.7 Å². The maximum atomic E-state index is 5.84. The molecule has 8 heteroatoms. The van der Waals surface area contributed by atoms with Gasteiger partial charge in [-0.2, -0.15) is 0 Å². The predicted molar refractivity (Wildman–Crippen MR) is 105 cm³/mol. The first-order chi connectivity index (χ1) is 12.0. The van der Waals surface area contributed by atoms with Crippen LogP contribution in [0.15, 0.2) is 36.5 Å². The highest BCUT2D eigenvalue weighted by Crippen LogP contribution is 2.22. The van der Waals surface area contributed by atoms with Crippen LogP contribution in [0.3, 0.4) is 0 Å². The van der Waals surface area contributed by atoms with Crippen LogP contribution in [0.2, 0.25) is 4.47 Å². The quantitative estimate of drug-likeness (QED) is 0.670. The van der Waals surface area contributed by atoms with Gasteiger partial charge in [-0.1, -0.05) is 11.6 Å². The number of halogens is 1. The zero-order valence-corrected chi connectivity index (χ0v) is 15.8. The number of hydrogen-bond donors (Lipinski definition) is 2. The molecule has 0 spiro atoms. The lowest BCUT2D eigenvalue weighted by Gasteiger charge is -2.14. The maximum absolute atomic E-state index is 5.84. The van der Waals surface area contributed by atoms with Crippen molar-refractivity contribution in [1.82, 2.24) is 15.0 Å². The molecule has 6 nitrogen and oxygen atoms in total. The number of nitrogens with one attached hydrogen (secondary N) is 2. The van der Waals surface area contributed by atoms with E-state index in [1.54, 1.807) is 6.20 Å². The number of rotatable bonds is 6. The van der Waals surface area contributed by atoms with Crippen molar-refractivity contribution in [2.75, 3.05) is 29.6 Å². The molecule has 0 saturated heterocycles. The minimum Gasteiger partial charge on any atom is -0.380 e. The largest absolute Gasteiger partial charge is 0.380 e. The van der Waals surface area contributed by atoms with Gasteiger partial charge in [0.15, 0.2) is 4.47 Å². The Morgan fingerprint density at radius 1 is 1.12 bits per heavy atom. The molecule has 0 aliphatic heterocycles. The van der Waals surface area contributed by atoms with E-state index in [0.29, 0.717) is 11.0 Å². The van der Waals surface area contributed by atoms with Crippen molar-refractivity contribution >= 4 is 45.9 Å². The first kappa shape index (κ1) is 17.4. The molecule has 2 aromatic heterocycles. The van der Waals surface area contributed by atoms with E-state index in [-0.39, 0.29) is 0 Å². The fraction of sp³-hybridized carbons (Fsp3) is 0.235. The summed E-state index contributed by atoms with van der Waals surface area (Å²) < 4.78 is 0.564. The van der Waals surface area contributed by atoms with Crippen molar-refractivity contribution in [2.45, 2.75) is 13.5 Å². The second kappa shape index (κ2) is 7.67. The molecule has 0 unspecified atom stereocenters. The van der Waals surface area contributed by atoms with Crippen LogP contribution in [0.4, 0.5) is 23.0 Å². The zero-order chi connectivity index (χ0) is 17.8. The van der Waals surface area contributed by atoms with Crippen molar-refractivity contribution in [2.24, 2.45) is 0 Å². The first-order valence-corrected chi connectivity index (χ1v) is 8.93. The van der Waals surface area contributed by atoms with Crippen LogP contribution in [0.25, 0.3) is 0 Å². The topological polar surface area (TPSA) is 66.0 Å². The number of benzene rings is 1. The third kappa shape index (κ3) is 4.80. The third-order valence-electron chi connectivity index (χ3n) is 3.43. The Kier molecular flexibility index (Phi) is 5.35. The number of aryl methyl sites for hydroxylation is 1. The molecule has 0 fully saturated rings. The molecule has 25 heavy (non-hydrogen) atoms. The van der Waals surface area contributed by atoms with Crippen LogP contribution in [0, 0.1) is 6.92 Å². The second-order valence-electron chi connectivity index (χ2n) is 5.69. The smallest absolute Gasteiger partial charge is 0.183 e. The van der Waals surface area contributed by atoms with Gasteiger partial charge in [0.05, 0.1) is 6.54 Å². The minimum absolute atomic E-state index is 0.564. The van der Waals surface area contributed by atoms with E-state index in [4.69, 9.17) is 11.6 Å². The van der Waals surface area contributed by atoms with Crippen LogP contribution in [0.5, 0.6) is 0 Å². The number of hydrogen-bond acceptors (Lipinski definition) is 7. The van der Waals surface area contributed by atoms with E-state index >= 15 is 0 Å². The van der Waals surface area contributed by atoms with Gasteiger partial charge in [0.2, 0.25) is 0 Å². The number of thiazole rings is 1. The molecule has 0 amide bonds. The summed E-state index contributed by atoms with van der Waals surface area (Å²) in [5.41, 5.74) is 2.00. The standard InChI is InChI=1S/C17H19ClN6S/c1-11-21-15(8-16(22-11)24(2)3)23-13-6-4-12(5-7-13)19-9-14-10-20-17(18)25-14/h4-8,10,19H,9H2,1-3H3,(H,21,22,23). The highest BCUT2D eigenvalue weighted by atomic mass is 35.5. The molecule has 0 saturated carbocycles. The number of nitrogens with zero attached hydrogens (tertiary/aromatic N) is 4. The van der Waals surface area contributed by atoms with Gasteiger partial charge in [-0.15, -0.1) is 11.3 Å². The normalized spacial score (nSPS) is 10.6. The summed E-state index contributed by atoms with van der Waals surface area (Å²) in [7, 11) is 3.92. The average molecular weight is 375 g/mol. The Morgan fingerprint density at radius 3 is 2.48 bits per heavy atom. The van der Waals surface area contributed by atoms with Gasteiger partial charge in [0.1, 0.15) is 17.5 Å². The fourth-order valence-corrected chi connectivity index (χ4v) is 3.14. The summed E-state index contributed by atoms with van der Waals surface area (Å²) in [6, 6.07) is 9.98. The Balaban J connectivity index is 1.64. The highest BCUT2D eigenvalue weighted by Gasteiger charge is 2.04. The average Bonchev–Trinajstić information content (AvgIpc) is 2.99. The van der Waals surface area contributed by atoms with Gasteiger partial charge in [-0.05, 0) is 31.2 Å². The number of aromatic nitrogens is 3. The summed E-state index contributed by atoms with van der Waals surface area (Å²) >= 11 is 7.32. The van der Waals surface area contributed by atoms with Crippen molar-refractivity contribution < 1.29 is 0 Å². The summed E-state index contributed by atoms with van der Waals surface area (Å²) in [6.07, 6.45) is 1.79. The molecular weight excluding hydrogens is 356 g/mol. The van der Waals surface area contributed by atoms with Crippen LogP contribution >= 0.6 is 22.9 Å². The van der Waals surface area contributed by atoms with E-state index < -0.39 is 0 Å². The predicted octanol–water partition coefficient (Wildman–Crippen LogP) is 4.32. The zero-order valence-electron chi connectivity index (χ0n) is 14.2. The lowest BCUT2D eigenvalue weighted by Crippen LogP contribution is -2.12. The van der Waals surface area contributed by atoms with Gasteiger partial charge in [0, 0.05) is 42.6 Å². The van der Waals surface area contributed by atoms with Gasteiger partial charge in [0.25, 0.3) is 0 Å². The Labute approximate surface area is 155 Å². The lowest BCUT2D eigenvalue weighted by atomic mass is 10.2. The lowest BCUT2D eigenvalue weighted by molar-refractivity contribution is 0.991. The van der Waals surface area contributed by atoms with Gasteiger partial charge >= 0.3 is 0 Å². The van der Waals surface area contributed by atoms with E-state index in [1.165, 1.54) is 11.3 Å². The van der Waals surface area contributed by atoms with E-state index in [0.717, 1.165) is 33.7 Å². The molecule has 3 rings (SSSR count). The van der Waals surface area contributed by atoms with Crippen molar-refractivity contribution in [3.05, 3.63) is 51.7 Å². The van der Waals surface area contributed by atoms with Crippen molar-refractivity contribution in [3.63, 3.8) is 0 Å². The monoisotopic (exact) mass is 374 g/mol. The Hall–Kier alpha value is -2.38. The molecule has 0 bridgehead atoms. The number of anilines is 4. The highest BCUT2D eigenvalue weighted by molar-refractivity contribution is 7.15. The minimum atomic E-state index is 0.564. The molecule has 1 aromatic carbocycles. The third-order valence-corrected chi connectivity index (χ3v) is 4.55. The molecular formula is C17H19ClN6S. The Morgan fingerprint density at radius 2 is 1.84 bits per heavy atom.